The number of carbonyl (C=O) groups excluding carboxylic acids is 1. The van der Waals surface area contributed by atoms with Crippen molar-refractivity contribution in [2.75, 3.05) is 13.2 Å². The molecule has 0 saturated heterocycles. The van der Waals surface area contributed by atoms with Gasteiger partial charge in [-0.25, -0.2) is 4.79 Å². The molecule has 0 radical (unpaired) electrons. The second kappa shape index (κ2) is 7.63. The predicted octanol–water partition coefficient (Wildman–Crippen LogP) is 3.71. The lowest BCUT2D eigenvalue weighted by molar-refractivity contribution is 0.0419. The van der Waals surface area contributed by atoms with Gasteiger partial charge in [0.05, 0.1) is 12.2 Å². The van der Waals surface area contributed by atoms with E-state index in [1.165, 1.54) is 0 Å². The molecule has 0 aromatic heterocycles. The molecule has 1 N–H and O–H groups in total. The third-order valence-electron chi connectivity index (χ3n) is 3.19. The minimum absolute atomic E-state index is 0.0819. The van der Waals surface area contributed by atoms with Gasteiger partial charge in [-0.3, -0.25) is 0 Å². The van der Waals surface area contributed by atoms with Crippen LogP contribution < -0.4 is 0 Å². The number of aliphatic hydroxyl groups excluding tert-OH is 1. The molecule has 0 aliphatic rings. The minimum Gasteiger partial charge on any atom is -0.460 e. The Morgan fingerprint density at radius 1 is 1.09 bits per heavy atom. The van der Waals surface area contributed by atoms with Crippen molar-refractivity contribution < 1.29 is 14.6 Å². The molecular weight excluding hydrogens is 323 g/mol. The van der Waals surface area contributed by atoms with Gasteiger partial charge in [0, 0.05) is 5.02 Å². The molecule has 22 heavy (non-hydrogen) atoms. The monoisotopic (exact) mass is 338 g/mol. The van der Waals surface area contributed by atoms with E-state index in [0.29, 0.717) is 17.0 Å². The van der Waals surface area contributed by atoms with Crippen LogP contribution in [-0.4, -0.2) is 29.2 Å². The van der Waals surface area contributed by atoms with Gasteiger partial charge in [0.15, 0.2) is 0 Å². The van der Waals surface area contributed by atoms with E-state index < -0.39 is 10.8 Å². The van der Waals surface area contributed by atoms with Gasteiger partial charge in [0.1, 0.15) is 11.5 Å². The molecule has 0 spiro atoms. The highest BCUT2D eigenvalue weighted by Gasteiger charge is 2.29. The lowest BCUT2D eigenvalue weighted by Gasteiger charge is -2.24. The highest BCUT2D eigenvalue weighted by Crippen LogP contribution is 2.22. The molecule has 0 amide bonds. The van der Waals surface area contributed by atoms with Crippen molar-refractivity contribution in [1.82, 2.24) is 0 Å². The van der Waals surface area contributed by atoms with Crippen molar-refractivity contribution in [1.29, 1.82) is 0 Å². The fourth-order valence-electron chi connectivity index (χ4n) is 1.98. The molecule has 0 heterocycles. The standard InChI is InChI=1S/C17H16Cl2O3/c18-15-8-6-14(7-9-15)16(21)22-12-17(19,11-20)10-13-4-2-1-3-5-13/h1-9,20H,10-12H2/t17-/m1/s1. The lowest BCUT2D eigenvalue weighted by atomic mass is 10.00. The Morgan fingerprint density at radius 2 is 1.73 bits per heavy atom. The topological polar surface area (TPSA) is 46.5 Å². The van der Waals surface area contributed by atoms with E-state index in [1.54, 1.807) is 24.3 Å². The Kier molecular flexibility index (Phi) is 5.83. The van der Waals surface area contributed by atoms with E-state index >= 15 is 0 Å². The summed E-state index contributed by atoms with van der Waals surface area (Å²) >= 11 is 12.1. The maximum absolute atomic E-state index is 12.0. The fraction of sp³-hybridized carbons (Fsp3) is 0.235. The third-order valence-corrected chi connectivity index (χ3v) is 3.80. The summed E-state index contributed by atoms with van der Waals surface area (Å²) in [6.07, 6.45) is 0.403. The van der Waals surface area contributed by atoms with Crippen LogP contribution in [0.25, 0.3) is 0 Å². The van der Waals surface area contributed by atoms with Crippen LogP contribution >= 0.6 is 23.2 Å². The van der Waals surface area contributed by atoms with Gasteiger partial charge in [0.2, 0.25) is 0 Å². The molecule has 2 aromatic rings. The van der Waals surface area contributed by atoms with E-state index in [-0.39, 0.29) is 13.2 Å². The molecule has 0 saturated carbocycles. The Balaban J connectivity index is 1.97. The number of benzene rings is 2. The number of esters is 1. The predicted molar refractivity (Wildman–Crippen MR) is 87.6 cm³/mol. The number of halogens is 2. The number of carbonyl (C=O) groups is 1. The quantitative estimate of drug-likeness (QED) is 0.645. The summed E-state index contributed by atoms with van der Waals surface area (Å²) in [6.45, 7) is -0.376. The minimum atomic E-state index is -1.04. The van der Waals surface area contributed by atoms with Crippen LogP contribution in [0.1, 0.15) is 15.9 Å². The summed E-state index contributed by atoms with van der Waals surface area (Å²) in [6, 6.07) is 15.9. The first-order chi connectivity index (χ1) is 10.5. The van der Waals surface area contributed by atoms with Gasteiger partial charge < -0.3 is 9.84 Å². The number of ether oxygens (including phenoxy) is 1. The Hall–Kier alpha value is -1.55. The van der Waals surface area contributed by atoms with E-state index in [4.69, 9.17) is 27.9 Å². The van der Waals surface area contributed by atoms with E-state index in [9.17, 15) is 9.90 Å². The normalized spacial score (nSPS) is 13.4. The molecule has 0 bridgehead atoms. The molecule has 1 atom stereocenters. The molecule has 116 valence electrons. The Bertz CT molecular complexity index is 614. The van der Waals surface area contributed by atoms with Crippen LogP contribution in [0.3, 0.4) is 0 Å². The first-order valence-electron chi connectivity index (χ1n) is 6.79. The molecule has 0 unspecified atom stereocenters. The van der Waals surface area contributed by atoms with Crippen LogP contribution in [0, 0.1) is 0 Å². The van der Waals surface area contributed by atoms with Crippen LogP contribution in [0.15, 0.2) is 54.6 Å². The van der Waals surface area contributed by atoms with Gasteiger partial charge in [-0.2, -0.15) is 0 Å². The number of alkyl halides is 1. The zero-order chi connectivity index (χ0) is 16.0. The fourth-order valence-corrected chi connectivity index (χ4v) is 2.31. The highest BCUT2D eigenvalue weighted by atomic mass is 35.5. The highest BCUT2D eigenvalue weighted by molar-refractivity contribution is 6.30. The van der Waals surface area contributed by atoms with Gasteiger partial charge in [-0.1, -0.05) is 41.9 Å². The van der Waals surface area contributed by atoms with Crippen molar-refractivity contribution in [3.05, 3.63) is 70.7 Å². The van der Waals surface area contributed by atoms with Crippen molar-refractivity contribution in [2.45, 2.75) is 11.3 Å². The maximum Gasteiger partial charge on any atom is 0.338 e. The SMILES string of the molecule is O=C(OC[C@](Cl)(CO)Cc1ccccc1)c1ccc(Cl)cc1. The lowest BCUT2D eigenvalue weighted by Crippen LogP contribution is -2.36. The number of rotatable bonds is 6. The van der Waals surface area contributed by atoms with E-state index in [2.05, 4.69) is 0 Å². The average molecular weight is 339 g/mol. The number of hydrogen-bond acceptors (Lipinski definition) is 3. The summed E-state index contributed by atoms with van der Waals surface area (Å²) in [4.78, 5) is 10.9. The average Bonchev–Trinajstić information content (AvgIpc) is 2.54. The second-order valence-corrected chi connectivity index (χ2v) is 6.29. The van der Waals surface area contributed by atoms with Crippen LogP contribution in [0.5, 0.6) is 0 Å². The van der Waals surface area contributed by atoms with Crippen molar-refractivity contribution in [2.24, 2.45) is 0 Å². The molecule has 0 aliphatic carbocycles. The smallest absolute Gasteiger partial charge is 0.338 e. The first kappa shape index (κ1) is 16.8. The van der Waals surface area contributed by atoms with Crippen LogP contribution in [0.2, 0.25) is 5.02 Å². The van der Waals surface area contributed by atoms with Crippen molar-refractivity contribution >= 4 is 29.2 Å². The molecule has 5 heteroatoms. The first-order valence-corrected chi connectivity index (χ1v) is 7.54. The summed E-state index contributed by atoms with van der Waals surface area (Å²) in [5.41, 5.74) is 1.36. The molecule has 0 fully saturated rings. The zero-order valence-electron chi connectivity index (χ0n) is 11.8. The maximum atomic E-state index is 12.0. The Morgan fingerprint density at radius 3 is 2.32 bits per heavy atom. The van der Waals surface area contributed by atoms with Crippen molar-refractivity contribution in [3.63, 3.8) is 0 Å². The van der Waals surface area contributed by atoms with Gasteiger partial charge in [0.25, 0.3) is 0 Å². The van der Waals surface area contributed by atoms with Gasteiger partial charge >= 0.3 is 5.97 Å². The summed E-state index contributed by atoms with van der Waals surface area (Å²) in [7, 11) is 0. The summed E-state index contributed by atoms with van der Waals surface area (Å²) in [5.74, 6) is -0.497. The van der Waals surface area contributed by atoms with Gasteiger partial charge in [-0.05, 0) is 36.2 Å². The van der Waals surface area contributed by atoms with Crippen molar-refractivity contribution in [3.8, 4) is 0 Å². The van der Waals surface area contributed by atoms with Crippen LogP contribution in [-0.2, 0) is 11.2 Å². The van der Waals surface area contributed by atoms with Crippen LogP contribution in [0.4, 0.5) is 0 Å². The Labute approximate surface area is 139 Å². The van der Waals surface area contributed by atoms with Gasteiger partial charge in [-0.15, -0.1) is 11.6 Å². The third kappa shape index (κ3) is 4.73. The molecule has 3 nitrogen and oxygen atoms in total. The number of aliphatic hydroxyl groups is 1. The van der Waals surface area contributed by atoms with E-state index in [1.807, 2.05) is 30.3 Å². The van der Waals surface area contributed by atoms with E-state index in [0.717, 1.165) is 5.56 Å². The summed E-state index contributed by atoms with van der Waals surface area (Å²) in [5, 5.41) is 10.1. The molecule has 0 aliphatic heterocycles. The molecule has 2 rings (SSSR count). The zero-order valence-corrected chi connectivity index (χ0v) is 13.3. The molecular formula is C17H16Cl2O3. The molecule has 2 aromatic carbocycles. The largest absolute Gasteiger partial charge is 0.460 e. The second-order valence-electron chi connectivity index (χ2n) is 5.05. The summed E-state index contributed by atoms with van der Waals surface area (Å²) < 4.78 is 5.22. The number of hydrogen-bond donors (Lipinski definition) is 1.